The Morgan fingerprint density at radius 2 is 1.91 bits per heavy atom. The number of carbonyl (C=O) groups is 1. The Hall–Kier alpha value is -1.34. The summed E-state index contributed by atoms with van der Waals surface area (Å²) >= 11 is 0. The van der Waals surface area contributed by atoms with Crippen molar-refractivity contribution in [1.29, 1.82) is 0 Å². The highest BCUT2D eigenvalue weighted by Gasteiger charge is 2.28. The van der Waals surface area contributed by atoms with E-state index in [2.05, 4.69) is 16.4 Å². The van der Waals surface area contributed by atoms with Gasteiger partial charge in [-0.05, 0) is 44.6 Å². The van der Waals surface area contributed by atoms with E-state index in [1.54, 1.807) is 18.5 Å². The first-order valence-electron chi connectivity index (χ1n) is 7.53. The predicted octanol–water partition coefficient (Wildman–Crippen LogP) is 1.98. The van der Waals surface area contributed by atoms with Crippen molar-refractivity contribution in [2.75, 3.05) is 7.11 Å². The maximum Gasteiger partial charge on any atom is 0.354 e. The Morgan fingerprint density at radius 1 is 1.32 bits per heavy atom. The zero-order valence-corrected chi connectivity index (χ0v) is 14.4. The molecule has 1 saturated carbocycles. The quantitative estimate of drug-likeness (QED) is 0.857. The summed E-state index contributed by atoms with van der Waals surface area (Å²) in [7, 11) is -0.696. The summed E-state index contributed by atoms with van der Waals surface area (Å²) in [5.74, 6) is 0.115. The third-order valence-electron chi connectivity index (χ3n) is 4.51. The molecule has 1 aliphatic carbocycles. The van der Waals surface area contributed by atoms with E-state index in [1.165, 1.54) is 13.2 Å². The van der Waals surface area contributed by atoms with E-state index in [1.807, 2.05) is 0 Å². The van der Waals surface area contributed by atoms with Crippen molar-refractivity contribution < 1.29 is 17.9 Å². The smallest absolute Gasteiger partial charge is 0.354 e. The number of esters is 1. The molecular formula is C15H24N2O4S. The molecule has 0 radical (unpaired) electrons. The van der Waals surface area contributed by atoms with Gasteiger partial charge < -0.3 is 9.30 Å². The van der Waals surface area contributed by atoms with Gasteiger partial charge in [-0.15, -0.1) is 0 Å². The first-order chi connectivity index (χ1) is 10.3. The van der Waals surface area contributed by atoms with Crippen LogP contribution >= 0.6 is 0 Å². The van der Waals surface area contributed by atoms with Gasteiger partial charge in [0, 0.05) is 18.8 Å². The van der Waals surface area contributed by atoms with Gasteiger partial charge in [-0.3, -0.25) is 0 Å². The van der Waals surface area contributed by atoms with Gasteiger partial charge in [-0.1, -0.05) is 6.92 Å². The zero-order valence-electron chi connectivity index (χ0n) is 13.5. The molecule has 22 heavy (non-hydrogen) atoms. The normalized spacial score (nSPS) is 22.5. The van der Waals surface area contributed by atoms with E-state index in [-0.39, 0.29) is 16.6 Å². The first-order valence-corrected chi connectivity index (χ1v) is 9.01. The van der Waals surface area contributed by atoms with E-state index >= 15 is 0 Å². The van der Waals surface area contributed by atoms with Crippen molar-refractivity contribution in [3.8, 4) is 0 Å². The zero-order chi connectivity index (χ0) is 16.5. The van der Waals surface area contributed by atoms with Gasteiger partial charge in [0.15, 0.2) is 0 Å². The number of methoxy groups -OCH3 is 1. The van der Waals surface area contributed by atoms with Gasteiger partial charge in [0.1, 0.15) is 10.6 Å². The van der Waals surface area contributed by atoms with Crippen LogP contribution in [-0.2, 0) is 21.8 Å². The van der Waals surface area contributed by atoms with Crippen molar-refractivity contribution in [2.45, 2.75) is 50.5 Å². The molecule has 1 aromatic rings. The van der Waals surface area contributed by atoms with E-state index < -0.39 is 16.0 Å². The monoisotopic (exact) mass is 328 g/mol. The summed E-state index contributed by atoms with van der Waals surface area (Å²) in [6.07, 6.45) is 3.79. The standard InChI is InChI=1S/C15H24N2O4S/c1-10-5-7-12(8-6-10)16-22(19,20)14-9-13(15(18)21-4)17(3)11(14)2/h9-10,12,16H,5-8H2,1-4H3. The Morgan fingerprint density at radius 3 is 2.45 bits per heavy atom. The van der Waals surface area contributed by atoms with Crippen molar-refractivity contribution in [1.82, 2.24) is 9.29 Å². The molecule has 1 aliphatic rings. The lowest BCUT2D eigenvalue weighted by Gasteiger charge is -2.26. The lowest BCUT2D eigenvalue weighted by molar-refractivity contribution is 0.0589. The number of hydrogen-bond acceptors (Lipinski definition) is 4. The van der Waals surface area contributed by atoms with Gasteiger partial charge in [-0.25, -0.2) is 17.9 Å². The molecule has 0 spiro atoms. The molecular weight excluding hydrogens is 304 g/mol. The van der Waals surface area contributed by atoms with Gasteiger partial charge in [-0.2, -0.15) is 0 Å². The highest BCUT2D eigenvalue weighted by molar-refractivity contribution is 7.89. The third kappa shape index (κ3) is 3.35. The molecule has 0 atom stereocenters. The van der Waals surface area contributed by atoms with Crippen LogP contribution in [0.25, 0.3) is 0 Å². The van der Waals surface area contributed by atoms with Gasteiger partial charge in [0.25, 0.3) is 0 Å². The molecule has 0 unspecified atom stereocenters. The molecule has 1 aromatic heterocycles. The first kappa shape index (κ1) is 17.0. The number of ether oxygens (including phenoxy) is 1. The summed E-state index contributed by atoms with van der Waals surface area (Å²) < 4.78 is 34.2. The number of sulfonamides is 1. The largest absolute Gasteiger partial charge is 0.464 e. The summed E-state index contributed by atoms with van der Waals surface area (Å²) in [5.41, 5.74) is 0.759. The van der Waals surface area contributed by atoms with Crippen LogP contribution in [0, 0.1) is 12.8 Å². The average Bonchev–Trinajstić information content (AvgIpc) is 2.77. The fourth-order valence-corrected chi connectivity index (χ4v) is 4.50. The van der Waals surface area contributed by atoms with E-state index in [0.717, 1.165) is 25.7 Å². The van der Waals surface area contributed by atoms with Crippen LogP contribution in [-0.4, -0.2) is 32.1 Å². The molecule has 1 fully saturated rings. The minimum Gasteiger partial charge on any atom is -0.464 e. The molecule has 0 bridgehead atoms. The highest BCUT2D eigenvalue weighted by atomic mass is 32.2. The molecule has 0 aromatic carbocycles. The summed E-state index contributed by atoms with van der Waals surface area (Å²) in [6.45, 7) is 3.87. The Labute approximate surface area is 131 Å². The highest BCUT2D eigenvalue weighted by Crippen LogP contribution is 2.26. The number of hydrogen-bond donors (Lipinski definition) is 1. The second kappa shape index (κ2) is 6.42. The van der Waals surface area contributed by atoms with Crippen LogP contribution in [0.3, 0.4) is 0 Å². The number of aromatic nitrogens is 1. The molecule has 124 valence electrons. The molecule has 1 heterocycles. The lowest BCUT2D eigenvalue weighted by Crippen LogP contribution is -2.37. The van der Waals surface area contributed by atoms with Crippen LogP contribution in [0.4, 0.5) is 0 Å². The van der Waals surface area contributed by atoms with Crippen molar-refractivity contribution >= 4 is 16.0 Å². The van der Waals surface area contributed by atoms with Crippen molar-refractivity contribution in [3.63, 3.8) is 0 Å². The van der Waals surface area contributed by atoms with Gasteiger partial charge in [0.2, 0.25) is 10.0 Å². The second-order valence-corrected chi connectivity index (χ2v) is 7.79. The topological polar surface area (TPSA) is 77.4 Å². The lowest BCUT2D eigenvalue weighted by atomic mass is 9.88. The van der Waals surface area contributed by atoms with Crippen LogP contribution in [0.5, 0.6) is 0 Å². The van der Waals surface area contributed by atoms with Crippen molar-refractivity contribution in [2.24, 2.45) is 13.0 Å². The SMILES string of the molecule is COC(=O)c1cc(S(=O)(=O)NC2CCC(C)CC2)c(C)n1C. The Kier molecular flexibility index (Phi) is 4.97. The molecule has 0 saturated heterocycles. The summed E-state index contributed by atoms with van der Waals surface area (Å²) in [4.78, 5) is 11.8. The molecule has 7 heteroatoms. The Balaban J connectivity index is 2.24. The predicted molar refractivity (Wildman–Crippen MR) is 83.2 cm³/mol. The summed E-state index contributed by atoms with van der Waals surface area (Å²) in [6, 6.07) is 1.36. The van der Waals surface area contributed by atoms with Gasteiger partial charge >= 0.3 is 5.97 Å². The number of nitrogens with zero attached hydrogens (tertiary/aromatic N) is 1. The van der Waals surface area contributed by atoms with Crippen molar-refractivity contribution in [3.05, 3.63) is 17.5 Å². The molecule has 6 nitrogen and oxygen atoms in total. The van der Waals surface area contributed by atoms with E-state index in [4.69, 9.17) is 0 Å². The minimum absolute atomic E-state index is 0.0256. The molecule has 0 amide bonds. The van der Waals surface area contributed by atoms with E-state index in [9.17, 15) is 13.2 Å². The van der Waals surface area contributed by atoms with Gasteiger partial charge in [0.05, 0.1) is 7.11 Å². The number of nitrogens with one attached hydrogen (secondary N) is 1. The second-order valence-electron chi connectivity index (χ2n) is 6.11. The number of rotatable bonds is 4. The Bertz CT molecular complexity index is 655. The van der Waals surface area contributed by atoms with E-state index in [0.29, 0.717) is 11.6 Å². The minimum atomic E-state index is -3.63. The van der Waals surface area contributed by atoms with Crippen LogP contribution in [0.2, 0.25) is 0 Å². The van der Waals surface area contributed by atoms with Crippen LogP contribution in [0.15, 0.2) is 11.0 Å². The summed E-state index contributed by atoms with van der Waals surface area (Å²) in [5, 5.41) is 0. The fourth-order valence-electron chi connectivity index (χ4n) is 2.90. The maximum atomic E-state index is 12.6. The molecule has 0 aliphatic heterocycles. The third-order valence-corrected chi connectivity index (χ3v) is 6.15. The van der Waals surface area contributed by atoms with Crippen LogP contribution in [0.1, 0.15) is 48.8 Å². The fraction of sp³-hybridized carbons (Fsp3) is 0.667. The average molecular weight is 328 g/mol. The molecule has 1 N–H and O–H groups in total. The van der Waals surface area contributed by atoms with Crippen LogP contribution < -0.4 is 4.72 Å². The number of carbonyl (C=O) groups excluding carboxylic acids is 1. The maximum absolute atomic E-state index is 12.6. The molecule has 2 rings (SSSR count).